The topological polar surface area (TPSA) is 72.5 Å². The molecular weight excluding hydrogens is 332 g/mol. The average Bonchev–Trinajstić information content (AvgIpc) is 3.16. The quantitative estimate of drug-likeness (QED) is 0.733. The molecule has 0 saturated carbocycles. The number of anilines is 1. The molecule has 0 bridgehead atoms. The van der Waals surface area contributed by atoms with Crippen molar-refractivity contribution in [1.29, 1.82) is 0 Å². The van der Waals surface area contributed by atoms with E-state index in [0.717, 1.165) is 22.5 Å². The molecule has 7 heteroatoms. The van der Waals surface area contributed by atoms with Crippen LogP contribution in [0, 0.1) is 0 Å². The fourth-order valence-electron chi connectivity index (χ4n) is 2.78. The molecule has 1 aromatic heterocycles. The second kappa shape index (κ2) is 7.35. The molecule has 26 heavy (non-hydrogen) atoms. The smallest absolute Gasteiger partial charge is 0.203 e. The molecule has 2 aromatic carbocycles. The summed E-state index contributed by atoms with van der Waals surface area (Å²) in [6.07, 6.45) is 0. The number of benzene rings is 2. The van der Waals surface area contributed by atoms with Gasteiger partial charge in [-0.3, -0.25) is 0 Å². The van der Waals surface area contributed by atoms with Crippen LogP contribution in [0.1, 0.15) is 0 Å². The van der Waals surface area contributed by atoms with Crippen molar-refractivity contribution >= 4 is 5.69 Å². The van der Waals surface area contributed by atoms with E-state index in [0.29, 0.717) is 22.9 Å². The molecule has 136 valence electrons. The van der Waals surface area contributed by atoms with Crippen molar-refractivity contribution in [1.82, 2.24) is 15.4 Å². The molecule has 0 aliphatic heterocycles. The van der Waals surface area contributed by atoms with Crippen molar-refractivity contribution in [2.75, 3.05) is 40.3 Å². The molecule has 7 nitrogen and oxygen atoms in total. The van der Waals surface area contributed by atoms with Gasteiger partial charge < -0.3 is 19.1 Å². The molecule has 1 heterocycles. The lowest BCUT2D eigenvalue weighted by Crippen LogP contribution is -2.08. The van der Waals surface area contributed by atoms with Gasteiger partial charge in [0.1, 0.15) is 11.4 Å². The average molecular weight is 354 g/mol. The van der Waals surface area contributed by atoms with Crippen LogP contribution in [-0.4, -0.2) is 50.8 Å². The number of H-pyrrole nitrogens is 1. The molecular formula is C19H22N4O3. The Morgan fingerprint density at radius 3 is 1.96 bits per heavy atom. The van der Waals surface area contributed by atoms with E-state index < -0.39 is 0 Å². The summed E-state index contributed by atoms with van der Waals surface area (Å²) < 4.78 is 16.3. The monoisotopic (exact) mass is 354 g/mol. The molecule has 0 radical (unpaired) electrons. The summed E-state index contributed by atoms with van der Waals surface area (Å²) in [5.41, 5.74) is 4.33. The summed E-state index contributed by atoms with van der Waals surface area (Å²) in [4.78, 5) is 2.04. The van der Waals surface area contributed by atoms with Crippen LogP contribution in [0.2, 0.25) is 0 Å². The third-order valence-corrected chi connectivity index (χ3v) is 4.12. The number of rotatable bonds is 6. The summed E-state index contributed by atoms with van der Waals surface area (Å²) >= 11 is 0. The van der Waals surface area contributed by atoms with Crippen LogP contribution in [0.25, 0.3) is 22.5 Å². The van der Waals surface area contributed by atoms with Crippen molar-refractivity contribution in [3.05, 3.63) is 36.4 Å². The maximum absolute atomic E-state index is 5.44. The number of ether oxygens (including phenoxy) is 3. The summed E-state index contributed by atoms with van der Waals surface area (Å²) in [5.74, 6) is 1.68. The minimum atomic E-state index is 0.540. The van der Waals surface area contributed by atoms with Gasteiger partial charge in [-0.2, -0.15) is 15.4 Å². The Bertz CT molecular complexity index is 880. The van der Waals surface area contributed by atoms with Crippen LogP contribution in [0.3, 0.4) is 0 Å². The summed E-state index contributed by atoms with van der Waals surface area (Å²) in [7, 11) is 8.76. The highest BCUT2D eigenvalue weighted by Gasteiger charge is 2.19. The van der Waals surface area contributed by atoms with Gasteiger partial charge in [0.05, 0.1) is 21.3 Å². The fourth-order valence-corrected chi connectivity index (χ4v) is 2.78. The summed E-state index contributed by atoms with van der Waals surface area (Å²) in [6.45, 7) is 0. The van der Waals surface area contributed by atoms with Crippen LogP contribution in [0.5, 0.6) is 17.2 Å². The van der Waals surface area contributed by atoms with Crippen molar-refractivity contribution in [2.24, 2.45) is 0 Å². The molecule has 0 saturated heterocycles. The van der Waals surface area contributed by atoms with E-state index in [1.807, 2.05) is 49.3 Å². The van der Waals surface area contributed by atoms with Crippen molar-refractivity contribution in [3.63, 3.8) is 0 Å². The molecule has 3 rings (SSSR count). The SMILES string of the molecule is COc1cc(-c2n[nH]nc2-c2cccc(N(C)C)c2)cc(OC)c1OC. The highest BCUT2D eigenvalue weighted by atomic mass is 16.5. The van der Waals surface area contributed by atoms with Gasteiger partial charge in [-0.1, -0.05) is 12.1 Å². The lowest BCUT2D eigenvalue weighted by atomic mass is 10.0. The Morgan fingerprint density at radius 2 is 1.42 bits per heavy atom. The third kappa shape index (κ3) is 3.15. The van der Waals surface area contributed by atoms with E-state index in [9.17, 15) is 0 Å². The Morgan fingerprint density at radius 1 is 0.808 bits per heavy atom. The van der Waals surface area contributed by atoms with Crippen LogP contribution in [0.15, 0.2) is 36.4 Å². The zero-order chi connectivity index (χ0) is 18.7. The van der Waals surface area contributed by atoms with Crippen LogP contribution in [-0.2, 0) is 0 Å². The first-order valence-corrected chi connectivity index (χ1v) is 8.08. The summed E-state index contributed by atoms with van der Waals surface area (Å²) in [5, 5.41) is 11.4. The maximum Gasteiger partial charge on any atom is 0.203 e. The van der Waals surface area contributed by atoms with Crippen LogP contribution < -0.4 is 19.1 Å². The number of aromatic amines is 1. The van der Waals surface area contributed by atoms with E-state index in [1.165, 1.54) is 0 Å². The van der Waals surface area contributed by atoms with Gasteiger partial charge >= 0.3 is 0 Å². The molecule has 0 atom stereocenters. The zero-order valence-electron chi connectivity index (χ0n) is 15.5. The molecule has 0 aliphatic carbocycles. The minimum Gasteiger partial charge on any atom is -0.493 e. The van der Waals surface area contributed by atoms with E-state index in [-0.39, 0.29) is 0 Å². The van der Waals surface area contributed by atoms with Gasteiger partial charge in [-0.05, 0) is 24.3 Å². The lowest BCUT2D eigenvalue weighted by Gasteiger charge is -2.14. The van der Waals surface area contributed by atoms with Crippen LogP contribution >= 0.6 is 0 Å². The molecule has 1 N–H and O–H groups in total. The van der Waals surface area contributed by atoms with Crippen molar-refractivity contribution in [2.45, 2.75) is 0 Å². The first kappa shape index (κ1) is 17.6. The Labute approximate surface area is 152 Å². The van der Waals surface area contributed by atoms with Crippen molar-refractivity contribution < 1.29 is 14.2 Å². The number of nitrogens with zero attached hydrogens (tertiary/aromatic N) is 3. The van der Waals surface area contributed by atoms with Gasteiger partial charge in [-0.25, -0.2) is 0 Å². The number of nitrogens with one attached hydrogen (secondary N) is 1. The predicted molar refractivity (Wildman–Crippen MR) is 101 cm³/mol. The van der Waals surface area contributed by atoms with Gasteiger partial charge in [-0.15, -0.1) is 0 Å². The molecule has 0 unspecified atom stereocenters. The molecule has 3 aromatic rings. The number of methoxy groups -OCH3 is 3. The van der Waals surface area contributed by atoms with Gasteiger partial charge in [0, 0.05) is 30.9 Å². The molecule has 0 spiro atoms. The van der Waals surface area contributed by atoms with Crippen LogP contribution in [0.4, 0.5) is 5.69 Å². The highest BCUT2D eigenvalue weighted by molar-refractivity contribution is 5.81. The molecule has 0 amide bonds. The Kier molecular flexibility index (Phi) is 4.97. The first-order chi connectivity index (χ1) is 12.6. The van der Waals surface area contributed by atoms with E-state index in [4.69, 9.17) is 14.2 Å². The third-order valence-electron chi connectivity index (χ3n) is 4.12. The van der Waals surface area contributed by atoms with Gasteiger partial charge in [0.2, 0.25) is 5.75 Å². The number of aromatic nitrogens is 3. The zero-order valence-corrected chi connectivity index (χ0v) is 15.5. The second-order valence-corrected chi connectivity index (χ2v) is 5.88. The lowest BCUT2D eigenvalue weighted by molar-refractivity contribution is 0.324. The Balaban J connectivity index is 2.13. The van der Waals surface area contributed by atoms with Gasteiger partial charge in [0.25, 0.3) is 0 Å². The number of hydrogen-bond donors (Lipinski definition) is 1. The minimum absolute atomic E-state index is 0.540. The summed E-state index contributed by atoms with van der Waals surface area (Å²) in [6, 6.07) is 11.8. The highest BCUT2D eigenvalue weighted by Crippen LogP contribution is 2.42. The standard InChI is InChI=1S/C19H22N4O3/c1-23(2)14-8-6-7-12(9-14)17-18(21-22-20-17)13-10-15(24-3)19(26-5)16(11-13)25-4/h6-11H,1-5H3,(H,20,21,22). The first-order valence-electron chi connectivity index (χ1n) is 8.08. The predicted octanol–water partition coefficient (Wildman–Crippen LogP) is 3.23. The fraction of sp³-hybridized carbons (Fsp3) is 0.263. The second-order valence-electron chi connectivity index (χ2n) is 5.88. The largest absolute Gasteiger partial charge is 0.493 e. The van der Waals surface area contributed by atoms with E-state index in [2.05, 4.69) is 21.5 Å². The van der Waals surface area contributed by atoms with Crippen molar-refractivity contribution in [3.8, 4) is 39.8 Å². The molecule has 0 fully saturated rings. The Hall–Kier alpha value is -3.22. The van der Waals surface area contributed by atoms with Gasteiger partial charge in [0.15, 0.2) is 11.5 Å². The number of hydrogen-bond acceptors (Lipinski definition) is 6. The van der Waals surface area contributed by atoms with E-state index >= 15 is 0 Å². The molecule has 0 aliphatic rings. The van der Waals surface area contributed by atoms with E-state index in [1.54, 1.807) is 21.3 Å². The maximum atomic E-state index is 5.44. The normalized spacial score (nSPS) is 10.5.